The van der Waals surface area contributed by atoms with Gasteiger partial charge in [0.1, 0.15) is 11.3 Å². The molecule has 52 heavy (non-hydrogen) atoms. The number of fused-ring (bicyclic) bond motifs is 5. The van der Waals surface area contributed by atoms with E-state index in [1.807, 2.05) is 41.5 Å². The van der Waals surface area contributed by atoms with Gasteiger partial charge in [-0.05, 0) is 78.4 Å². The normalized spacial score (nSPS) is 15.0. The Labute approximate surface area is 314 Å². The highest BCUT2D eigenvalue weighted by Gasteiger charge is 2.34. The smallest absolute Gasteiger partial charge is 0.254 e. The first-order valence-electron chi connectivity index (χ1n) is 21.0. The standard InChI is InChI=1S/C44H70N6O2/c1-11-15-19-23-27-49(28-24-20-16-12-2)41(51)33-31(5)37-40(48-43(7,8)45-37)36-34(32(6)38-39(35(33)36)47-44(9,10)46-38)42(52)50(29-25-21-17-13-3)30-26-22-18-14-4/h11-30H2,1-10H3. The third kappa shape index (κ3) is 9.68. The van der Waals surface area contributed by atoms with Crippen molar-refractivity contribution in [3.63, 3.8) is 0 Å². The number of carbonyl (C=O) groups excluding carboxylic acids is 2. The Kier molecular flexibility index (Phi) is 15.0. The molecule has 8 nitrogen and oxygen atoms in total. The van der Waals surface area contributed by atoms with E-state index < -0.39 is 11.3 Å². The molecule has 2 aliphatic rings. The summed E-state index contributed by atoms with van der Waals surface area (Å²) in [5.74, 6) is 0.0251. The van der Waals surface area contributed by atoms with Crippen LogP contribution in [0.4, 0.5) is 0 Å². The molecule has 0 fully saturated rings. The van der Waals surface area contributed by atoms with Crippen LogP contribution >= 0.6 is 0 Å². The fourth-order valence-electron chi connectivity index (χ4n) is 7.96. The van der Waals surface area contributed by atoms with E-state index in [0.29, 0.717) is 37.3 Å². The summed E-state index contributed by atoms with van der Waals surface area (Å²) >= 11 is 0. The molecule has 0 saturated heterocycles. The molecule has 0 radical (unpaired) electrons. The van der Waals surface area contributed by atoms with Crippen LogP contribution in [0.1, 0.15) is 190 Å². The summed E-state index contributed by atoms with van der Waals surface area (Å²) in [6.07, 6.45) is 17.5. The average molecular weight is 715 g/mol. The number of carbonyl (C=O) groups is 2. The highest BCUT2D eigenvalue weighted by molar-refractivity contribution is 6.14. The first-order valence-corrected chi connectivity index (χ1v) is 21.0. The Morgan fingerprint density at radius 1 is 0.442 bits per heavy atom. The van der Waals surface area contributed by atoms with E-state index in [9.17, 15) is 0 Å². The minimum absolute atomic E-state index is 0.0125. The van der Waals surface area contributed by atoms with Crippen molar-refractivity contribution in [2.24, 2.45) is 20.0 Å². The molecule has 0 unspecified atom stereocenters. The second-order valence-electron chi connectivity index (χ2n) is 16.4. The van der Waals surface area contributed by atoms with Gasteiger partial charge in [-0.1, -0.05) is 105 Å². The van der Waals surface area contributed by atoms with Crippen molar-refractivity contribution in [3.8, 4) is 0 Å². The molecule has 0 aliphatic carbocycles. The SMILES string of the molecule is CCCCCCN(CCCCCC)C(=O)c1c(C)c2c(c3c(C(=O)N(CCCCCC)CCCCCC)c(C)c4c(c13)=NC(C)(C)N=4)=NC(C)(C)N=2. The van der Waals surface area contributed by atoms with Crippen LogP contribution in [0.5, 0.6) is 0 Å². The number of nitrogens with zero attached hydrogens (tertiary/aromatic N) is 6. The maximum Gasteiger partial charge on any atom is 0.254 e. The second-order valence-corrected chi connectivity index (χ2v) is 16.4. The van der Waals surface area contributed by atoms with Crippen LogP contribution < -0.4 is 21.4 Å². The van der Waals surface area contributed by atoms with Crippen molar-refractivity contribution in [3.05, 3.63) is 43.7 Å². The van der Waals surface area contributed by atoms with Gasteiger partial charge >= 0.3 is 0 Å². The predicted octanol–water partition coefficient (Wildman–Crippen LogP) is 8.64. The first-order chi connectivity index (χ1) is 24.8. The zero-order chi connectivity index (χ0) is 38.1. The summed E-state index contributed by atoms with van der Waals surface area (Å²) in [5, 5.41) is 4.38. The Morgan fingerprint density at radius 3 is 0.981 bits per heavy atom. The van der Waals surface area contributed by atoms with Crippen molar-refractivity contribution in [1.29, 1.82) is 0 Å². The van der Waals surface area contributed by atoms with Gasteiger partial charge in [-0.2, -0.15) is 0 Å². The number of amides is 2. The maximum atomic E-state index is 15.2. The maximum absolute atomic E-state index is 15.2. The lowest BCUT2D eigenvalue weighted by atomic mass is 9.90. The van der Waals surface area contributed by atoms with Gasteiger partial charge in [0.15, 0.2) is 0 Å². The van der Waals surface area contributed by atoms with Crippen molar-refractivity contribution in [1.82, 2.24) is 9.80 Å². The van der Waals surface area contributed by atoms with Crippen LogP contribution in [0.3, 0.4) is 0 Å². The van der Waals surface area contributed by atoms with Crippen LogP contribution in [-0.2, 0) is 0 Å². The fourth-order valence-corrected chi connectivity index (χ4v) is 7.96. The van der Waals surface area contributed by atoms with E-state index in [2.05, 4.69) is 37.5 Å². The Hall–Kier alpha value is -3.16. The molecule has 0 spiro atoms. The van der Waals surface area contributed by atoms with Gasteiger partial charge in [-0.25, -0.2) is 0 Å². The van der Waals surface area contributed by atoms with E-state index in [1.54, 1.807) is 0 Å². The molecule has 0 N–H and O–H groups in total. The largest absolute Gasteiger partial charge is 0.339 e. The predicted molar refractivity (Wildman–Crippen MR) is 215 cm³/mol. The molecule has 0 aromatic heterocycles. The summed E-state index contributed by atoms with van der Waals surface area (Å²) in [4.78, 5) is 55.3. The van der Waals surface area contributed by atoms with Gasteiger partial charge in [0.05, 0.1) is 32.6 Å². The molecule has 0 atom stereocenters. The number of benzene rings is 2. The zero-order valence-electron chi connectivity index (χ0n) is 34.6. The highest BCUT2D eigenvalue weighted by atomic mass is 16.2. The van der Waals surface area contributed by atoms with Crippen molar-refractivity contribution >= 4 is 22.6 Å². The molecule has 2 heterocycles. The number of hydrogen-bond donors (Lipinski definition) is 0. The molecule has 2 aliphatic heterocycles. The molecule has 2 amide bonds. The van der Waals surface area contributed by atoms with E-state index in [1.165, 1.54) is 0 Å². The minimum atomic E-state index is -0.713. The summed E-state index contributed by atoms with van der Waals surface area (Å²) in [6.45, 7) is 23.8. The summed E-state index contributed by atoms with van der Waals surface area (Å²) in [5.41, 5.74) is 1.47. The number of rotatable bonds is 22. The van der Waals surface area contributed by atoms with E-state index >= 15 is 9.59 Å². The average Bonchev–Trinajstić information content (AvgIpc) is 3.61. The van der Waals surface area contributed by atoms with Gasteiger partial charge in [-0.15, -0.1) is 0 Å². The van der Waals surface area contributed by atoms with Gasteiger partial charge in [0.25, 0.3) is 11.8 Å². The topological polar surface area (TPSA) is 90.1 Å². The summed E-state index contributed by atoms with van der Waals surface area (Å²) in [7, 11) is 0. The molecule has 288 valence electrons. The van der Waals surface area contributed by atoms with Gasteiger partial charge < -0.3 is 9.80 Å². The van der Waals surface area contributed by atoms with Gasteiger partial charge in [0.2, 0.25) is 0 Å². The number of unbranched alkanes of at least 4 members (excludes halogenated alkanes) is 12. The molecular weight excluding hydrogens is 645 g/mol. The molecule has 8 heteroatoms. The third-order valence-electron chi connectivity index (χ3n) is 10.8. The molecule has 0 bridgehead atoms. The highest BCUT2D eigenvalue weighted by Crippen LogP contribution is 2.27. The van der Waals surface area contributed by atoms with E-state index in [0.717, 1.165) is 146 Å². The quantitative estimate of drug-likeness (QED) is 0.114. The van der Waals surface area contributed by atoms with Crippen LogP contribution in [0.15, 0.2) is 20.0 Å². The Bertz CT molecular complexity index is 1670. The minimum Gasteiger partial charge on any atom is -0.339 e. The van der Waals surface area contributed by atoms with Gasteiger partial charge in [0, 0.05) is 37.0 Å². The van der Waals surface area contributed by atoms with Crippen LogP contribution in [0.2, 0.25) is 0 Å². The van der Waals surface area contributed by atoms with Crippen LogP contribution in [0.25, 0.3) is 10.8 Å². The monoisotopic (exact) mass is 715 g/mol. The first kappa shape index (κ1) is 41.6. The third-order valence-corrected chi connectivity index (χ3v) is 10.8. The Balaban J connectivity index is 2.05. The van der Waals surface area contributed by atoms with Crippen molar-refractivity contribution in [2.75, 3.05) is 26.2 Å². The van der Waals surface area contributed by atoms with Crippen LogP contribution in [0, 0.1) is 13.8 Å². The molecule has 2 aromatic rings. The van der Waals surface area contributed by atoms with Crippen molar-refractivity contribution < 1.29 is 9.59 Å². The van der Waals surface area contributed by atoms with Crippen LogP contribution in [-0.4, -0.2) is 59.1 Å². The zero-order valence-corrected chi connectivity index (χ0v) is 34.6. The molecule has 0 saturated carbocycles. The fraction of sp³-hybridized carbons (Fsp3) is 0.727. The van der Waals surface area contributed by atoms with E-state index in [-0.39, 0.29) is 11.8 Å². The number of hydrogen-bond acceptors (Lipinski definition) is 6. The lowest BCUT2D eigenvalue weighted by molar-refractivity contribution is 0.0741. The summed E-state index contributed by atoms with van der Waals surface area (Å²) < 4.78 is 0. The molecular formula is C44H70N6O2. The molecule has 2 aromatic carbocycles. The van der Waals surface area contributed by atoms with E-state index in [4.69, 9.17) is 20.0 Å². The second kappa shape index (κ2) is 18.7. The molecule has 4 rings (SSSR count). The lowest BCUT2D eigenvalue weighted by Crippen LogP contribution is -2.42. The van der Waals surface area contributed by atoms with Crippen molar-refractivity contribution in [2.45, 2.75) is 183 Å². The lowest BCUT2D eigenvalue weighted by Gasteiger charge is -2.27. The Morgan fingerprint density at radius 2 is 0.712 bits per heavy atom. The van der Waals surface area contributed by atoms with Gasteiger partial charge in [-0.3, -0.25) is 29.6 Å². The summed E-state index contributed by atoms with van der Waals surface area (Å²) in [6, 6.07) is 0.